The Hall–Kier alpha value is -2.04. The normalized spacial score (nSPS) is 21.6. The molecule has 1 fully saturated rings. The summed E-state index contributed by atoms with van der Waals surface area (Å²) in [6.45, 7) is -0.0942. The first-order valence-electron chi connectivity index (χ1n) is 9.87. The number of amides is 1. The highest BCUT2D eigenvalue weighted by Gasteiger charge is 2.33. The van der Waals surface area contributed by atoms with Crippen LogP contribution in [0, 0.1) is 5.82 Å². The molecule has 7 nitrogen and oxygen atoms in total. The van der Waals surface area contributed by atoms with E-state index < -0.39 is 33.9 Å². The van der Waals surface area contributed by atoms with Crippen LogP contribution < -0.4 is 10.0 Å². The summed E-state index contributed by atoms with van der Waals surface area (Å²) in [7, 11) is -3.79. The molecule has 1 heterocycles. The van der Waals surface area contributed by atoms with E-state index in [0.717, 1.165) is 0 Å². The highest BCUT2D eigenvalue weighted by atomic mass is 35.5. The summed E-state index contributed by atoms with van der Waals surface area (Å²) < 4.78 is 47.3. The van der Waals surface area contributed by atoms with Gasteiger partial charge in [0.05, 0.1) is 35.3 Å². The molecule has 10 heteroatoms. The highest BCUT2D eigenvalue weighted by Crippen LogP contribution is 2.24. The van der Waals surface area contributed by atoms with Gasteiger partial charge in [-0.05, 0) is 55.7 Å². The van der Waals surface area contributed by atoms with Gasteiger partial charge in [-0.3, -0.25) is 4.79 Å². The zero-order valence-electron chi connectivity index (χ0n) is 16.6. The predicted octanol–water partition coefficient (Wildman–Crippen LogP) is 2.49. The molecule has 31 heavy (non-hydrogen) atoms. The minimum Gasteiger partial charge on any atom is -0.394 e. The monoisotopic (exact) mass is 470 g/mol. The van der Waals surface area contributed by atoms with Crippen LogP contribution in [0.1, 0.15) is 29.6 Å². The summed E-state index contributed by atoms with van der Waals surface area (Å²) in [4.78, 5) is 12.2. The van der Waals surface area contributed by atoms with Gasteiger partial charge in [0.1, 0.15) is 5.82 Å². The Labute approximate surface area is 185 Å². The summed E-state index contributed by atoms with van der Waals surface area (Å²) in [5.74, 6) is -1.11. The number of benzene rings is 2. The Kier molecular flexibility index (Phi) is 8.01. The fourth-order valence-corrected chi connectivity index (χ4v) is 4.87. The lowest BCUT2D eigenvalue weighted by atomic mass is 9.98. The molecule has 3 N–H and O–H groups in total. The van der Waals surface area contributed by atoms with Crippen LogP contribution >= 0.6 is 11.6 Å². The Morgan fingerprint density at radius 3 is 2.55 bits per heavy atom. The first-order valence-corrected chi connectivity index (χ1v) is 11.7. The van der Waals surface area contributed by atoms with Crippen molar-refractivity contribution < 1.29 is 27.4 Å². The predicted molar refractivity (Wildman–Crippen MR) is 114 cm³/mol. The van der Waals surface area contributed by atoms with Gasteiger partial charge in [0.15, 0.2) is 0 Å². The van der Waals surface area contributed by atoms with Crippen molar-refractivity contribution in [2.24, 2.45) is 0 Å². The molecular formula is C21H24ClFN2O5S. The van der Waals surface area contributed by atoms with Crippen LogP contribution in [0.5, 0.6) is 0 Å². The SMILES string of the molecule is O=C(NCC[C@H]1CC[C@@H](NS(=O)(=O)c2ccc(Cl)cc2)[C@@H](CO)O1)c1ccccc1F. The number of sulfonamides is 1. The van der Waals surface area contributed by atoms with Crippen LogP contribution in [0.3, 0.4) is 0 Å². The average molecular weight is 471 g/mol. The van der Waals surface area contributed by atoms with Crippen LogP contribution in [-0.4, -0.2) is 50.8 Å². The van der Waals surface area contributed by atoms with Crippen molar-refractivity contribution in [2.45, 2.75) is 42.4 Å². The number of hydrogen-bond acceptors (Lipinski definition) is 5. The van der Waals surface area contributed by atoms with Crippen molar-refractivity contribution in [3.63, 3.8) is 0 Å². The maximum absolute atomic E-state index is 13.7. The number of nitrogens with one attached hydrogen (secondary N) is 2. The van der Waals surface area contributed by atoms with E-state index in [0.29, 0.717) is 24.3 Å². The van der Waals surface area contributed by atoms with Gasteiger partial charge in [0.2, 0.25) is 10.0 Å². The van der Waals surface area contributed by atoms with E-state index in [4.69, 9.17) is 16.3 Å². The second-order valence-corrected chi connectivity index (χ2v) is 9.41. The smallest absolute Gasteiger partial charge is 0.254 e. The average Bonchev–Trinajstić information content (AvgIpc) is 2.75. The molecule has 2 aromatic carbocycles. The minimum absolute atomic E-state index is 0.0306. The maximum atomic E-state index is 13.7. The first kappa shape index (κ1) is 23.6. The molecule has 0 bridgehead atoms. The summed E-state index contributed by atoms with van der Waals surface area (Å²) in [5.41, 5.74) is -0.0306. The van der Waals surface area contributed by atoms with E-state index in [1.807, 2.05) is 0 Å². The van der Waals surface area contributed by atoms with Gasteiger partial charge in [-0.2, -0.15) is 0 Å². The van der Waals surface area contributed by atoms with Crippen molar-refractivity contribution in [3.05, 3.63) is 64.9 Å². The van der Waals surface area contributed by atoms with Crippen molar-refractivity contribution in [1.82, 2.24) is 10.0 Å². The van der Waals surface area contributed by atoms with Gasteiger partial charge in [0, 0.05) is 11.6 Å². The van der Waals surface area contributed by atoms with Crippen LogP contribution in [-0.2, 0) is 14.8 Å². The molecule has 1 aliphatic rings. The quantitative estimate of drug-likeness (QED) is 0.549. The third kappa shape index (κ3) is 6.24. The number of halogens is 2. The molecule has 1 aliphatic heterocycles. The Morgan fingerprint density at radius 1 is 1.16 bits per heavy atom. The summed E-state index contributed by atoms with van der Waals surface area (Å²) in [6, 6.07) is 10.9. The van der Waals surface area contributed by atoms with Crippen molar-refractivity contribution >= 4 is 27.5 Å². The highest BCUT2D eigenvalue weighted by molar-refractivity contribution is 7.89. The molecule has 168 valence electrons. The van der Waals surface area contributed by atoms with E-state index in [1.165, 1.54) is 42.5 Å². The second kappa shape index (κ2) is 10.5. The standard InChI is InChI=1S/C21H24ClFN2O5S/c22-14-5-8-16(9-6-14)31(28,29)25-19-10-7-15(30-20(19)13-26)11-12-24-21(27)17-3-1-2-4-18(17)23/h1-6,8-9,15,19-20,25-26H,7,10-13H2,(H,24,27)/t15-,19-,20-/m1/s1. The topological polar surface area (TPSA) is 105 Å². The fraction of sp³-hybridized carbons (Fsp3) is 0.381. The van der Waals surface area contributed by atoms with Gasteiger partial charge in [-0.1, -0.05) is 23.7 Å². The molecule has 0 radical (unpaired) electrons. The van der Waals surface area contributed by atoms with Gasteiger partial charge in [-0.25, -0.2) is 17.5 Å². The maximum Gasteiger partial charge on any atom is 0.254 e. The molecule has 0 saturated carbocycles. The largest absolute Gasteiger partial charge is 0.394 e. The Bertz CT molecular complexity index is 1000. The first-order chi connectivity index (χ1) is 14.8. The number of aliphatic hydroxyl groups is 1. The molecule has 3 rings (SSSR count). The van der Waals surface area contributed by atoms with Crippen LogP contribution in [0.4, 0.5) is 4.39 Å². The van der Waals surface area contributed by atoms with Gasteiger partial charge in [0.25, 0.3) is 5.91 Å². The number of carbonyl (C=O) groups excluding carboxylic acids is 1. The summed E-state index contributed by atoms with van der Waals surface area (Å²) >= 11 is 5.81. The molecule has 1 amide bonds. The van der Waals surface area contributed by atoms with Gasteiger partial charge >= 0.3 is 0 Å². The number of carbonyl (C=O) groups is 1. The van der Waals surface area contributed by atoms with E-state index in [1.54, 1.807) is 6.07 Å². The lowest BCUT2D eigenvalue weighted by Gasteiger charge is -2.36. The fourth-order valence-electron chi connectivity index (χ4n) is 3.45. The number of rotatable bonds is 8. The summed E-state index contributed by atoms with van der Waals surface area (Å²) in [5, 5.41) is 12.8. The molecular weight excluding hydrogens is 447 g/mol. The number of ether oxygens (including phenoxy) is 1. The molecule has 0 unspecified atom stereocenters. The van der Waals surface area contributed by atoms with E-state index >= 15 is 0 Å². The lowest BCUT2D eigenvalue weighted by Crippen LogP contribution is -2.51. The lowest BCUT2D eigenvalue weighted by molar-refractivity contribution is -0.0871. The summed E-state index contributed by atoms with van der Waals surface area (Å²) in [6.07, 6.45) is 0.467. The van der Waals surface area contributed by atoms with E-state index in [2.05, 4.69) is 10.0 Å². The minimum atomic E-state index is -3.79. The van der Waals surface area contributed by atoms with Gasteiger partial charge in [-0.15, -0.1) is 0 Å². The molecule has 0 spiro atoms. The van der Waals surface area contributed by atoms with Crippen LogP contribution in [0.2, 0.25) is 5.02 Å². The zero-order valence-corrected chi connectivity index (χ0v) is 18.2. The Balaban J connectivity index is 1.51. The van der Waals surface area contributed by atoms with E-state index in [9.17, 15) is 22.7 Å². The van der Waals surface area contributed by atoms with Crippen molar-refractivity contribution in [1.29, 1.82) is 0 Å². The third-order valence-corrected chi connectivity index (χ3v) is 6.85. The van der Waals surface area contributed by atoms with Crippen LogP contribution in [0.15, 0.2) is 53.4 Å². The molecule has 2 aromatic rings. The zero-order chi connectivity index (χ0) is 22.4. The number of aliphatic hydroxyl groups excluding tert-OH is 1. The van der Waals surface area contributed by atoms with Crippen LogP contribution in [0.25, 0.3) is 0 Å². The van der Waals surface area contributed by atoms with Crippen molar-refractivity contribution in [3.8, 4) is 0 Å². The molecule has 1 saturated heterocycles. The molecule has 3 atom stereocenters. The second-order valence-electron chi connectivity index (χ2n) is 7.26. The molecule has 0 aromatic heterocycles. The van der Waals surface area contributed by atoms with Gasteiger partial charge < -0.3 is 15.2 Å². The van der Waals surface area contributed by atoms with Crippen molar-refractivity contribution in [2.75, 3.05) is 13.2 Å². The number of hydrogen-bond donors (Lipinski definition) is 3. The molecule has 0 aliphatic carbocycles. The Morgan fingerprint density at radius 2 is 1.87 bits per heavy atom. The van der Waals surface area contributed by atoms with E-state index in [-0.39, 0.29) is 29.7 Å². The third-order valence-electron chi connectivity index (χ3n) is 5.10.